The predicted octanol–water partition coefficient (Wildman–Crippen LogP) is -1.82. The Labute approximate surface area is 89.6 Å². The van der Waals surface area contributed by atoms with E-state index in [2.05, 4.69) is 20.5 Å². The lowest BCUT2D eigenvalue weighted by molar-refractivity contribution is 0.105. The van der Waals surface area contributed by atoms with E-state index in [1.165, 1.54) is 10.7 Å². The van der Waals surface area contributed by atoms with Crippen molar-refractivity contribution in [2.75, 3.05) is 18.5 Å². The third-order valence-corrected chi connectivity index (χ3v) is 2.04. The number of hydrogen-bond donors (Lipinski definition) is 4. The fraction of sp³-hybridized carbons (Fsp3) is 0.375. The highest BCUT2D eigenvalue weighted by Gasteiger charge is 2.04. The average molecular weight is 225 g/mol. The van der Waals surface area contributed by atoms with E-state index in [1.807, 2.05) is 0 Å². The number of H-pyrrole nitrogens is 1. The lowest BCUT2D eigenvalue weighted by atomic mass is 10.4. The molecule has 8 heteroatoms. The Bertz CT molecular complexity index is 534. The third kappa shape index (κ3) is 2.02. The van der Waals surface area contributed by atoms with E-state index in [-0.39, 0.29) is 18.8 Å². The van der Waals surface area contributed by atoms with Crippen LogP contribution < -0.4 is 11.0 Å². The van der Waals surface area contributed by atoms with Crippen LogP contribution in [-0.4, -0.2) is 49.1 Å². The molecular formula is C8H11N5O3. The summed E-state index contributed by atoms with van der Waals surface area (Å²) < 4.78 is 1.26. The molecule has 0 spiro atoms. The summed E-state index contributed by atoms with van der Waals surface area (Å²) in [5.74, 6) is 0.471. The number of nitrogens with one attached hydrogen (secondary N) is 2. The highest BCUT2D eigenvalue weighted by molar-refractivity contribution is 5.48. The summed E-state index contributed by atoms with van der Waals surface area (Å²) in [5.41, 5.74) is 0.0745. The summed E-state index contributed by atoms with van der Waals surface area (Å²) >= 11 is 0. The molecule has 2 aromatic heterocycles. The van der Waals surface area contributed by atoms with E-state index < -0.39 is 6.10 Å². The normalized spacial score (nSPS) is 12.9. The van der Waals surface area contributed by atoms with Crippen LogP contribution in [0, 0.1) is 0 Å². The van der Waals surface area contributed by atoms with Crippen molar-refractivity contribution >= 4 is 11.5 Å². The Hall–Kier alpha value is -1.93. The molecule has 4 N–H and O–H groups in total. The van der Waals surface area contributed by atoms with Crippen LogP contribution in [0.2, 0.25) is 0 Å². The fourth-order valence-electron chi connectivity index (χ4n) is 1.19. The van der Waals surface area contributed by atoms with Crippen LogP contribution in [0.3, 0.4) is 0 Å². The zero-order valence-corrected chi connectivity index (χ0v) is 8.29. The molecule has 0 amide bonds. The number of anilines is 1. The summed E-state index contributed by atoms with van der Waals surface area (Å²) in [6.07, 6.45) is 0.480. The van der Waals surface area contributed by atoms with Gasteiger partial charge in [-0.05, 0) is 0 Å². The van der Waals surface area contributed by atoms with Crippen molar-refractivity contribution in [3.8, 4) is 0 Å². The van der Waals surface area contributed by atoms with Crippen molar-refractivity contribution < 1.29 is 10.2 Å². The molecule has 1 unspecified atom stereocenters. The molecule has 2 rings (SSSR count). The first-order valence-electron chi connectivity index (χ1n) is 4.66. The van der Waals surface area contributed by atoms with Gasteiger partial charge in [0.2, 0.25) is 0 Å². The molecule has 0 aromatic carbocycles. The van der Waals surface area contributed by atoms with Gasteiger partial charge in [-0.1, -0.05) is 0 Å². The van der Waals surface area contributed by atoms with E-state index >= 15 is 0 Å². The van der Waals surface area contributed by atoms with Gasteiger partial charge in [-0.15, -0.1) is 0 Å². The van der Waals surface area contributed by atoms with Gasteiger partial charge in [0.25, 0.3) is 0 Å². The number of rotatable bonds is 4. The summed E-state index contributed by atoms with van der Waals surface area (Å²) in [6.45, 7) is -0.147. The van der Waals surface area contributed by atoms with E-state index in [9.17, 15) is 4.79 Å². The molecule has 2 aromatic rings. The highest BCUT2D eigenvalue weighted by Crippen LogP contribution is 2.03. The number of aliphatic hydroxyl groups excluding tert-OH is 2. The van der Waals surface area contributed by atoms with Crippen molar-refractivity contribution in [3.63, 3.8) is 0 Å². The van der Waals surface area contributed by atoms with Gasteiger partial charge in [0.05, 0.1) is 12.7 Å². The van der Waals surface area contributed by atoms with Crippen LogP contribution in [0.15, 0.2) is 17.2 Å². The molecule has 2 heterocycles. The minimum Gasteiger partial charge on any atom is -0.394 e. The van der Waals surface area contributed by atoms with Crippen LogP contribution in [-0.2, 0) is 0 Å². The van der Waals surface area contributed by atoms with Crippen molar-refractivity contribution in [1.82, 2.24) is 19.6 Å². The topological polar surface area (TPSA) is 116 Å². The minimum atomic E-state index is -0.848. The largest absolute Gasteiger partial charge is 0.394 e. The monoisotopic (exact) mass is 225 g/mol. The molecule has 0 saturated carbocycles. The molecule has 0 radical (unpaired) electrons. The quantitative estimate of drug-likeness (QED) is 0.487. The van der Waals surface area contributed by atoms with Crippen LogP contribution in [0.1, 0.15) is 0 Å². The van der Waals surface area contributed by atoms with Gasteiger partial charge in [0.15, 0.2) is 5.65 Å². The maximum atomic E-state index is 11.1. The number of fused-ring (bicyclic) bond motifs is 1. The SMILES string of the molecule is O=c1[nH]nc2cc(NCC(O)CO)ncn12. The standard InChI is InChI=1S/C8H11N5O3/c14-3-5(15)2-9-6-1-7-11-12-8(16)13(7)4-10-6/h1,4-5,9,14-15H,2-3H2,(H,12,16). The van der Waals surface area contributed by atoms with E-state index in [1.54, 1.807) is 6.07 Å². The first-order valence-corrected chi connectivity index (χ1v) is 4.66. The number of nitrogens with zero attached hydrogens (tertiary/aromatic N) is 3. The van der Waals surface area contributed by atoms with Gasteiger partial charge >= 0.3 is 5.69 Å². The third-order valence-electron chi connectivity index (χ3n) is 2.04. The van der Waals surface area contributed by atoms with Crippen LogP contribution in [0.4, 0.5) is 5.82 Å². The van der Waals surface area contributed by atoms with Gasteiger partial charge in [0.1, 0.15) is 12.1 Å². The van der Waals surface area contributed by atoms with Crippen molar-refractivity contribution in [3.05, 3.63) is 22.9 Å². The molecule has 0 aliphatic carbocycles. The molecule has 86 valence electrons. The first-order chi connectivity index (χ1) is 7.70. The molecule has 0 fully saturated rings. The summed E-state index contributed by atoms with van der Waals surface area (Å²) in [7, 11) is 0. The lowest BCUT2D eigenvalue weighted by Crippen LogP contribution is -2.23. The Morgan fingerprint density at radius 1 is 1.62 bits per heavy atom. The summed E-state index contributed by atoms with van der Waals surface area (Å²) in [6, 6.07) is 1.56. The molecular weight excluding hydrogens is 214 g/mol. The second kappa shape index (κ2) is 4.29. The first kappa shape index (κ1) is 10.6. The Balaban J connectivity index is 2.17. The summed E-state index contributed by atoms with van der Waals surface area (Å²) in [5, 5.41) is 26.6. The van der Waals surface area contributed by atoms with Crippen molar-refractivity contribution in [2.24, 2.45) is 0 Å². The lowest BCUT2D eigenvalue weighted by Gasteiger charge is -2.08. The Kier molecular flexibility index (Phi) is 2.84. The van der Waals surface area contributed by atoms with Gasteiger partial charge in [-0.2, -0.15) is 5.10 Å². The average Bonchev–Trinajstić information content (AvgIpc) is 2.67. The molecule has 1 atom stereocenters. The second-order valence-electron chi connectivity index (χ2n) is 3.25. The van der Waals surface area contributed by atoms with Crippen molar-refractivity contribution in [1.29, 1.82) is 0 Å². The fourth-order valence-corrected chi connectivity index (χ4v) is 1.19. The van der Waals surface area contributed by atoms with Crippen molar-refractivity contribution in [2.45, 2.75) is 6.10 Å². The molecule has 0 saturated heterocycles. The van der Waals surface area contributed by atoms with Crippen LogP contribution >= 0.6 is 0 Å². The van der Waals surface area contributed by atoms with Gasteiger partial charge in [-0.25, -0.2) is 19.3 Å². The van der Waals surface area contributed by atoms with Gasteiger partial charge in [0, 0.05) is 12.6 Å². The number of aromatic amines is 1. The number of hydrogen-bond acceptors (Lipinski definition) is 6. The highest BCUT2D eigenvalue weighted by atomic mass is 16.3. The molecule has 0 aliphatic rings. The van der Waals surface area contributed by atoms with E-state index in [0.29, 0.717) is 11.5 Å². The van der Waals surface area contributed by atoms with Crippen LogP contribution in [0.25, 0.3) is 5.65 Å². The van der Waals surface area contributed by atoms with E-state index in [0.717, 1.165) is 0 Å². The van der Waals surface area contributed by atoms with Gasteiger partial charge in [-0.3, -0.25) is 0 Å². The zero-order valence-electron chi connectivity index (χ0n) is 8.29. The maximum Gasteiger partial charge on any atom is 0.348 e. The summed E-state index contributed by atoms with van der Waals surface area (Å²) in [4.78, 5) is 15.1. The Morgan fingerprint density at radius 2 is 2.44 bits per heavy atom. The molecule has 16 heavy (non-hydrogen) atoms. The maximum absolute atomic E-state index is 11.1. The van der Waals surface area contributed by atoms with Gasteiger partial charge < -0.3 is 15.5 Å². The smallest absolute Gasteiger partial charge is 0.348 e. The predicted molar refractivity (Wildman–Crippen MR) is 55.2 cm³/mol. The molecule has 0 bridgehead atoms. The number of aliphatic hydroxyl groups is 2. The zero-order chi connectivity index (χ0) is 11.5. The number of aromatic nitrogens is 4. The molecule has 0 aliphatic heterocycles. The molecule has 8 nitrogen and oxygen atoms in total. The van der Waals surface area contributed by atoms with E-state index in [4.69, 9.17) is 10.2 Å². The second-order valence-corrected chi connectivity index (χ2v) is 3.25. The Morgan fingerprint density at radius 3 is 3.19 bits per heavy atom. The van der Waals surface area contributed by atoms with Crippen LogP contribution in [0.5, 0.6) is 0 Å². The minimum absolute atomic E-state index is 0.175.